The topological polar surface area (TPSA) is 64.1 Å². The number of aromatic hydroxyl groups is 1. The summed E-state index contributed by atoms with van der Waals surface area (Å²) in [6, 6.07) is 7.84. The first-order chi connectivity index (χ1) is 7.22. The average molecular weight is 203 g/mol. The second-order valence-corrected chi connectivity index (χ2v) is 3.40. The molecule has 0 unspecified atom stereocenters. The second-order valence-electron chi connectivity index (χ2n) is 3.40. The highest BCUT2D eigenvalue weighted by Gasteiger charge is 2.07. The average Bonchev–Trinajstić information content (AvgIpc) is 2.60. The molecule has 0 aliphatic heterocycles. The Bertz CT molecular complexity index is 476. The van der Waals surface area contributed by atoms with Crippen LogP contribution in [0, 0.1) is 6.92 Å². The fourth-order valence-corrected chi connectivity index (χ4v) is 1.49. The van der Waals surface area contributed by atoms with Gasteiger partial charge in [-0.25, -0.2) is 4.68 Å². The minimum absolute atomic E-state index is 0.140. The molecule has 2 aromatic rings. The summed E-state index contributed by atoms with van der Waals surface area (Å²) < 4.78 is 1.65. The van der Waals surface area contributed by atoms with Crippen LogP contribution < -0.4 is 5.73 Å². The Hall–Kier alpha value is -1.81. The van der Waals surface area contributed by atoms with E-state index in [1.807, 2.05) is 31.2 Å². The molecule has 0 fully saturated rings. The van der Waals surface area contributed by atoms with Crippen molar-refractivity contribution in [2.24, 2.45) is 5.73 Å². The van der Waals surface area contributed by atoms with Crippen molar-refractivity contribution in [3.05, 3.63) is 41.7 Å². The zero-order chi connectivity index (χ0) is 10.8. The van der Waals surface area contributed by atoms with Crippen LogP contribution in [0.25, 0.3) is 5.69 Å². The van der Waals surface area contributed by atoms with E-state index in [1.54, 1.807) is 10.9 Å². The summed E-state index contributed by atoms with van der Waals surface area (Å²) >= 11 is 0. The minimum atomic E-state index is 0.140. The van der Waals surface area contributed by atoms with E-state index in [0.29, 0.717) is 5.69 Å². The lowest BCUT2D eigenvalue weighted by molar-refractivity contribution is 0.468. The summed E-state index contributed by atoms with van der Waals surface area (Å²) in [4.78, 5) is 0. The normalized spacial score (nSPS) is 10.5. The first-order valence-electron chi connectivity index (χ1n) is 4.76. The number of aromatic nitrogens is 2. The van der Waals surface area contributed by atoms with Crippen LogP contribution in [0.5, 0.6) is 5.75 Å². The van der Waals surface area contributed by atoms with Crippen LogP contribution in [-0.2, 0) is 6.54 Å². The van der Waals surface area contributed by atoms with Gasteiger partial charge in [0.1, 0.15) is 5.69 Å². The lowest BCUT2D eigenvalue weighted by Crippen LogP contribution is -2.01. The number of rotatable bonds is 2. The van der Waals surface area contributed by atoms with Gasteiger partial charge in [-0.1, -0.05) is 18.2 Å². The minimum Gasteiger partial charge on any atom is -0.504 e. The van der Waals surface area contributed by atoms with Crippen LogP contribution in [0.2, 0.25) is 0 Å². The molecule has 0 saturated carbocycles. The van der Waals surface area contributed by atoms with Gasteiger partial charge in [-0.05, 0) is 18.6 Å². The molecule has 2 rings (SSSR count). The highest BCUT2D eigenvalue weighted by atomic mass is 16.3. The van der Waals surface area contributed by atoms with E-state index in [2.05, 4.69) is 5.10 Å². The standard InChI is InChI=1S/C11H13N3O/c1-8-4-2-3-5-10(8)14-7-11(15)9(6-12)13-14/h2-5,7,15H,6,12H2,1H3. The summed E-state index contributed by atoms with van der Waals surface area (Å²) in [6.45, 7) is 2.24. The van der Waals surface area contributed by atoms with E-state index in [-0.39, 0.29) is 12.3 Å². The lowest BCUT2D eigenvalue weighted by atomic mass is 10.2. The molecule has 0 atom stereocenters. The maximum atomic E-state index is 9.52. The summed E-state index contributed by atoms with van der Waals surface area (Å²) in [6.07, 6.45) is 1.57. The zero-order valence-corrected chi connectivity index (χ0v) is 8.51. The van der Waals surface area contributed by atoms with Gasteiger partial charge < -0.3 is 10.8 Å². The monoisotopic (exact) mass is 203 g/mol. The number of hydrogen-bond acceptors (Lipinski definition) is 3. The number of hydrogen-bond donors (Lipinski definition) is 2. The Balaban J connectivity index is 2.50. The number of nitrogens with zero attached hydrogens (tertiary/aromatic N) is 2. The van der Waals surface area contributed by atoms with E-state index >= 15 is 0 Å². The summed E-state index contributed by atoms with van der Waals surface area (Å²) in [7, 11) is 0. The third kappa shape index (κ3) is 1.71. The smallest absolute Gasteiger partial charge is 0.158 e. The largest absolute Gasteiger partial charge is 0.504 e. The number of benzene rings is 1. The van der Waals surface area contributed by atoms with Crippen molar-refractivity contribution in [2.45, 2.75) is 13.5 Å². The molecule has 4 nitrogen and oxygen atoms in total. The van der Waals surface area contributed by atoms with Gasteiger partial charge >= 0.3 is 0 Å². The van der Waals surface area contributed by atoms with E-state index < -0.39 is 0 Å². The molecular weight excluding hydrogens is 190 g/mol. The molecule has 0 saturated heterocycles. The van der Waals surface area contributed by atoms with Crippen molar-refractivity contribution in [1.29, 1.82) is 0 Å². The molecule has 0 amide bonds. The van der Waals surface area contributed by atoms with Crippen LogP contribution >= 0.6 is 0 Å². The van der Waals surface area contributed by atoms with E-state index in [9.17, 15) is 5.11 Å². The Labute approximate surface area is 88.0 Å². The first kappa shape index (κ1) is 9.73. The molecule has 0 aliphatic carbocycles. The van der Waals surface area contributed by atoms with Gasteiger partial charge in [0.15, 0.2) is 5.75 Å². The van der Waals surface area contributed by atoms with Crippen molar-refractivity contribution in [3.63, 3.8) is 0 Å². The van der Waals surface area contributed by atoms with Gasteiger partial charge in [0.2, 0.25) is 0 Å². The third-order valence-corrected chi connectivity index (χ3v) is 2.32. The molecule has 3 N–H and O–H groups in total. The van der Waals surface area contributed by atoms with Crippen LogP contribution in [0.4, 0.5) is 0 Å². The second kappa shape index (κ2) is 3.74. The molecule has 1 aromatic heterocycles. The summed E-state index contributed by atoms with van der Waals surface area (Å²) in [5.74, 6) is 0.140. The molecule has 78 valence electrons. The SMILES string of the molecule is Cc1ccccc1-n1cc(O)c(CN)n1. The first-order valence-corrected chi connectivity index (χ1v) is 4.76. The van der Waals surface area contributed by atoms with Gasteiger partial charge in [0.25, 0.3) is 0 Å². The molecule has 0 spiro atoms. The molecule has 1 aromatic carbocycles. The van der Waals surface area contributed by atoms with Gasteiger partial charge in [-0.15, -0.1) is 0 Å². The molecule has 1 heterocycles. The number of aryl methyl sites for hydroxylation is 1. The Kier molecular flexibility index (Phi) is 2.43. The van der Waals surface area contributed by atoms with Gasteiger partial charge in [-0.2, -0.15) is 5.10 Å². The van der Waals surface area contributed by atoms with Crippen LogP contribution in [0.3, 0.4) is 0 Å². The maximum absolute atomic E-state index is 9.52. The number of nitrogens with two attached hydrogens (primary N) is 1. The Morgan fingerprint density at radius 2 is 2.13 bits per heavy atom. The molecular formula is C11H13N3O. The third-order valence-electron chi connectivity index (χ3n) is 2.32. The molecule has 0 radical (unpaired) electrons. The molecule has 4 heteroatoms. The molecule has 0 bridgehead atoms. The summed E-state index contributed by atoms with van der Waals surface area (Å²) in [5.41, 5.74) is 8.01. The highest BCUT2D eigenvalue weighted by molar-refractivity contribution is 5.41. The maximum Gasteiger partial charge on any atom is 0.158 e. The van der Waals surface area contributed by atoms with Crippen LogP contribution in [0.1, 0.15) is 11.3 Å². The Morgan fingerprint density at radius 1 is 1.40 bits per heavy atom. The van der Waals surface area contributed by atoms with Crippen LogP contribution in [-0.4, -0.2) is 14.9 Å². The zero-order valence-electron chi connectivity index (χ0n) is 8.51. The van der Waals surface area contributed by atoms with Crippen molar-refractivity contribution in [1.82, 2.24) is 9.78 Å². The van der Waals surface area contributed by atoms with Crippen molar-refractivity contribution < 1.29 is 5.11 Å². The van der Waals surface area contributed by atoms with Crippen molar-refractivity contribution in [3.8, 4) is 11.4 Å². The van der Waals surface area contributed by atoms with E-state index in [1.165, 1.54) is 0 Å². The predicted octanol–water partition coefficient (Wildman–Crippen LogP) is 1.35. The quantitative estimate of drug-likeness (QED) is 0.774. The number of para-hydroxylation sites is 1. The highest BCUT2D eigenvalue weighted by Crippen LogP contribution is 2.19. The van der Waals surface area contributed by atoms with E-state index in [0.717, 1.165) is 11.3 Å². The lowest BCUT2D eigenvalue weighted by Gasteiger charge is -2.03. The van der Waals surface area contributed by atoms with Crippen molar-refractivity contribution in [2.75, 3.05) is 0 Å². The molecule has 0 aliphatic rings. The molecule has 15 heavy (non-hydrogen) atoms. The van der Waals surface area contributed by atoms with Gasteiger partial charge in [0.05, 0.1) is 11.9 Å². The predicted molar refractivity (Wildman–Crippen MR) is 57.9 cm³/mol. The van der Waals surface area contributed by atoms with Crippen LogP contribution in [0.15, 0.2) is 30.5 Å². The van der Waals surface area contributed by atoms with Crippen molar-refractivity contribution >= 4 is 0 Å². The summed E-state index contributed by atoms with van der Waals surface area (Å²) in [5, 5.41) is 13.7. The van der Waals surface area contributed by atoms with E-state index in [4.69, 9.17) is 5.73 Å². The van der Waals surface area contributed by atoms with Gasteiger partial charge in [0, 0.05) is 6.54 Å². The van der Waals surface area contributed by atoms with Gasteiger partial charge in [-0.3, -0.25) is 0 Å². The fraction of sp³-hybridized carbons (Fsp3) is 0.182. The fourth-order valence-electron chi connectivity index (χ4n) is 1.49. The Morgan fingerprint density at radius 3 is 2.73 bits per heavy atom.